The Bertz CT molecular complexity index is 876. The number of rotatable bonds is 1. The summed E-state index contributed by atoms with van der Waals surface area (Å²) in [5, 5.41) is 3.86. The fraction of sp³-hybridized carbons (Fsp3) is 0.182. The van der Waals surface area contributed by atoms with E-state index in [0.29, 0.717) is 6.04 Å². The molecule has 23 heavy (non-hydrogen) atoms. The standard InChI is InChI=1S/C22H19N/c1-2-8-17-16(7-1)18-9-3-4-11-20(18)22(15-13-14-15)23-21-12-6-5-10-19(17)21/h1-12,15,22-23H,13-14H2/t22-/m0/s1. The van der Waals surface area contributed by atoms with Crippen molar-refractivity contribution in [2.24, 2.45) is 5.92 Å². The summed E-state index contributed by atoms with van der Waals surface area (Å²) in [5.41, 5.74) is 8.05. The normalized spacial score (nSPS) is 18.7. The molecule has 1 aliphatic carbocycles. The molecule has 3 aromatic carbocycles. The van der Waals surface area contributed by atoms with Gasteiger partial charge in [-0.3, -0.25) is 0 Å². The smallest absolute Gasteiger partial charge is 0.0548 e. The van der Waals surface area contributed by atoms with Crippen molar-refractivity contribution in [2.75, 3.05) is 5.32 Å². The van der Waals surface area contributed by atoms with Crippen LogP contribution in [0.1, 0.15) is 24.4 Å². The van der Waals surface area contributed by atoms with Gasteiger partial charge < -0.3 is 5.32 Å². The lowest BCUT2D eigenvalue weighted by Gasteiger charge is -2.28. The number of anilines is 1. The average Bonchev–Trinajstić information content (AvgIpc) is 3.44. The fourth-order valence-electron chi connectivity index (χ4n) is 3.86. The maximum atomic E-state index is 3.86. The highest BCUT2D eigenvalue weighted by Gasteiger charge is 2.35. The van der Waals surface area contributed by atoms with E-state index in [2.05, 4.69) is 78.1 Å². The third-order valence-corrected chi connectivity index (χ3v) is 5.13. The molecular formula is C22H19N. The summed E-state index contributed by atoms with van der Waals surface area (Å²) in [6.45, 7) is 0. The average molecular weight is 297 g/mol. The van der Waals surface area contributed by atoms with Gasteiger partial charge in [-0.05, 0) is 47.1 Å². The highest BCUT2D eigenvalue weighted by Crippen LogP contribution is 2.49. The number of hydrogen-bond acceptors (Lipinski definition) is 1. The molecule has 0 amide bonds. The lowest BCUT2D eigenvalue weighted by atomic mass is 9.85. The van der Waals surface area contributed by atoms with Crippen LogP contribution in [0.4, 0.5) is 5.69 Å². The van der Waals surface area contributed by atoms with E-state index in [4.69, 9.17) is 0 Å². The van der Waals surface area contributed by atoms with Crippen LogP contribution in [0.25, 0.3) is 22.3 Å². The zero-order valence-electron chi connectivity index (χ0n) is 13.0. The molecule has 1 heteroatoms. The van der Waals surface area contributed by atoms with Crippen LogP contribution >= 0.6 is 0 Å². The Labute approximate surface area is 137 Å². The van der Waals surface area contributed by atoms with Gasteiger partial charge in [0, 0.05) is 11.3 Å². The minimum atomic E-state index is 0.417. The van der Waals surface area contributed by atoms with Crippen LogP contribution in [0.15, 0.2) is 72.8 Å². The SMILES string of the molecule is c1ccc2c(c1)N[C@@H](C1CC1)c1ccccc1-c1ccccc1-2. The summed E-state index contributed by atoms with van der Waals surface area (Å²) in [4.78, 5) is 0. The highest BCUT2D eigenvalue weighted by molar-refractivity contribution is 5.91. The van der Waals surface area contributed by atoms with Crippen molar-refractivity contribution in [2.45, 2.75) is 18.9 Å². The van der Waals surface area contributed by atoms with Gasteiger partial charge in [0.2, 0.25) is 0 Å². The second kappa shape index (κ2) is 4.99. The summed E-state index contributed by atoms with van der Waals surface area (Å²) in [6.07, 6.45) is 2.66. The first-order valence-electron chi connectivity index (χ1n) is 8.46. The molecule has 5 rings (SSSR count). The van der Waals surface area contributed by atoms with Gasteiger partial charge in [0.25, 0.3) is 0 Å². The van der Waals surface area contributed by atoms with Crippen molar-refractivity contribution >= 4 is 5.69 Å². The Morgan fingerprint density at radius 1 is 0.609 bits per heavy atom. The first-order chi connectivity index (χ1) is 11.4. The maximum absolute atomic E-state index is 3.86. The maximum Gasteiger partial charge on any atom is 0.0548 e. The van der Waals surface area contributed by atoms with Crippen molar-refractivity contribution in [3.05, 3.63) is 78.4 Å². The van der Waals surface area contributed by atoms with Crippen LogP contribution in [-0.4, -0.2) is 0 Å². The molecule has 1 nitrogen and oxygen atoms in total. The van der Waals surface area contributed by atoms with Crippen molar-refractivity contribution in [1.29, 1.82) is 0 Å². The monoisotopic (exact) mass is 297 g/mol. The van der Waals surface area contributed by atoms with Gasteiger partial charge in [-0.25, -0.2) is 0 Å². The van der Waals surface area contributed by atoms with Crippen molar-refractivity contribution in [1.82, 2.24) is 0 Å². The number of hydrogen-bond donors (Lipinski definition) is 1. The van der Waals surface area contributed by atoms with Crippen molar-refractivity contribution < 1.29 is 0 Å². The summed E-state index contributed by atoms with van der Waals surface area (Å²) in [6, 6.07) is 26.8. The molecule has 0 unspecified atom stereocenters. The van der Waals surface area contributed by atoms with E-state index in [0.717, 1.165) is 5.92 Å². The Morgan fingerprint density at radius 2 is 1.17 bits per heavy atom. The predicted octanol–water partition coefficient (Wildman–Crippen LogP) is 5.90. The van der Waals surface area contributed by atoms with E-state index in [1.807, 2.05) is 0 Å². The topological polar surface area (TPSA) is 12.0 Å². The highest BCUT2D eigenvalue weighted by atomic mass is 14.9. The molecule has 1 saturated carbocycles. The third kappa shape index (κ3) is 2.08. The van der Waals surface area contributed by atoms with E-state index in [-0.39, 0.29) is 0 Å². The van der Waals surface area contributed by atoms with Crippen LogP contribution in [-0.2, 0) is 0 Å². The van der Waals surface area contributed by atoms with Gasteiger partial charge in [-0.1, -0.05) is 66.7 Å². The Kier molecular flexibility index (Phi) is 2.81. The van der Waals surface area contributed by atoms with Crippen LogP contribution in [0, 0.1) is 5.92 Å². The quantitative estimate of drug-likeness (QED) is 0.590. The van der Waals surface area contributed by atoms with E-state index in [1.165, 1.54) is 46.3 Å². The second-order valence-corrected chi connectivity index (χ2v) is 6.64. The number of fused-ring (bicyclic) bond motifs is 5. The molecule has 0 aromatic heterocycles. The fourth-order valence-corrected chi connectivity index (χ4v) is 3.86. The van der Waals surface area contributed by atoms with E-state index >= 15 is 0 Å². The van der Waals surface area contributed by atoms with Crippen molar-refractivity contribution in [3.8, 4) is 22.3 Å². The minimum absolute atomic E-state index is 0.417. The minimum Gasteiger partial charge on any atom is -0.377 e. The lowest BCUT2D eigenvalue weighted by molar-refractivity contribution is 0.680. The zero-order chi connectivity index (χ0) is 15.2. The molecule has 0 saturated heterocycles. The van der Waals surface area contributed by atoms with Gasteiger partial charge in [0.15, 0.2) is 0 Å². The van der Waals surface area contributed by atoms with Crippen LogP contribution < -0.4 is 5.32 Å². The number of para-hydroxylation sites is 1. The lowest BCUT2D eigenvalue weighted by Crippen LogP contribution is -2.16. The Hall–Kier alpha value is -2.54. The van der Waals surface area contributed by atoms with Crippen LogP contribution in [0.3, 0.4) is 0 Å². The van der Waals surface area contributed by atoms with E-state index < -0.39 is 0 Å². The number of nitrogens with one attached hydrogen (secondary N) is 1. The molecule has 112 valence electrons. The zero-order valence-corrected chi connectivity index (χ0v) is 13.0. The second-order valence-electron chi connectivity index (χ2n) is 6.64. The summed E-state index contributed by atoms with van der Waals surface area (Å²) < 4.78 is 0. The molecular weight excluding hydrogens is 278 g/mol. The molecule has 1 atom stereocenters. The summed E-state index contributed by atoms with van der Waals surface area (Å²) in [5.74, 6) is 0.759. The van der Waals surface area contributed by atoms with Crippen molar-refractivity contribution in [3.63, 3.8) is 0 Å². The molecule has 2 aliphatic rings. The van der Waals surface area contributed by atoms with Gasteiger partial charge in [0.05, 0.1) is 6.04 Å². The molecule has 0 radical (unpaired) electrons. The first-order valence-corrected chi connectivity index (χ1v) is 8.46. The van der Waals surface area contributed by atoms with Gasteiger partial charge in [0.1, 0.15) is 0 Å². The predicted molar refractivity (Wildman–Crippen MR) is 96.4 cm³/mol. The number of benzene rings is 3. The molecule has 1 aliphatic heterocycles. The Morgan fingerprint density at radius 3 is 1.91 bits per heavy atom. The largest absolute Gasteiger partial charge is 0.377 e. The molecule has 1 fully saturated rings. The van der Waals surface area contributed by atoms with E-state index in [1.54, 1.807) is 0 Å². The Balaban J connectivity index is 1.84. The van der Waals surface area contributed by atoms with E-state index in [9.17, 15) is 0 Å². The molecule has 1 heterocycles. The molecule has 3 aromatic rings. The first kappa shape index (κ1) is 13.0. The summed E-state index contributed by atoms with van der Waals surface area (Å²) >= 11 is 0. The molecule has 0 bridgehead atoms. The van der Waals surface area contributed by atoms with Gasteiger partial charge in [-0.2, -0.15) is 0 Å². The molecule has 1 N–H and O–H groups in total. The van der Waals surface area contributed by atoms with Crippen LogP contribution in [0.2, 0.25) is 0 Å². The van der Waals surface area contributed by atoms with Gasteiger partial charge >= 0.3 is 0 Å². The third-order valence-electron chi connectivity index (χ3n) is 5.13. The van der Waals surface area contributed by atoms with Gasteiger partial charge in [-0.15, -0.1) is 0 Å². The summed E-state index contributed by atoms with van der Waals surface area (Å²) in [7, 11) is 0. The van der Waals surface area contributed by atoms with Crippen LogP contribution in [0.5, 0.6) is 0 Å². The molecule has 0 spiro atoms.